The molecule has 0 amide bonds. The molecule has 3 aromatic rings. The van der Waals surface area contributed by atoms with E-state index >= 15 is 0 Å². The molecule has 0 saturated carbocycles. The third kappa shape index (κ3) is 4.87. The topological polar surface area (TPSA) is 39.2 Å². The number of thioether (sulfide) groups is 1. The number of pyridine rings is 1. The van der Waals surface area contributed by atoms with Crippen LogP contribution in [-0.2, 0) is 0 Å². The molecule has 0 unspecified atom stereocenters. The van der Waals surface area contributed by atoms with E-state index in [4.69, 9.17) is 16.3 Å². The molecule has 26 heavy (non-hydrogen) atoms. The molecule has 0 aliphatic rings. The lowest BCUT2D eigenvalue weighted by Crippen LogP contribution is -2.05. The Labute approximate surface area is 162 Å². The molecular weight excluding hydrogens is 366 g/mol. The average Bonchev–Trinajstić information content (AvgIpc) is 2.70. The van der Waals surface area contributed by atoms with Gasteiger partial charge in [-0.25, -0.2) is 0 Å². The first-order valence-corrected chi connectivity index (χ1v) is 9.41. The molecule has 5 heteroatoms. The van der Waals surface area contributed by atoms with Gasteiger partial charge in [-0.1, -0.05) is 23.7 Å². The highest BCUT2D eigenvalue weighted by atomic mass is 35.5. The van der Waals surface area contributed by atoms with Crippen LogP contribution in [0.4, 0.5) is 0 Å². The van der Waals surface area contributed by atoms with Gasteiger partial charge in [0.15, 0.2) is 5.78 Å². The van der Waals surface area contributed by atoms with Crippen LogP contribution in [0.1, 0.15) is 27.6 Å². The number of aromatic nitrogens is 1. The van der Waals surface area contributed by atoms with Gasteiger partial charge in [0.1, 0.15) is 5.75 Å². The molecule has 1 atom stereocenters. The third-order valence-electron chi connectivity index (χ3n) is 3.95. The summed E-state index contributed by atoms with van der Waals surface area (Å²) in [5.74, 6) is 0.888. The molecule has 1 heterocycles. The highest BCUT2D eigenvalue weighted by molar-refractivity contribution is 7.99. The van der Waals surface area contributed by atoms with E-state index in [9.17, 15) is 4.79 Å². The van der Waals surface area contributed by atoms with Gasteiger partial charge in [-0.2, -0.15) is 0 Å². The third-order valence-corrected chi connectivity index (χ3v) is 5.47. The predicted octanol–water partition coefficient (Wildman–Crippen LogP) is 5.85. The van der Waals surface area contributed by atoms with E-state index in [1.165, 1.54) is 0 Å². The van der Waals surface area contributed by atoms with Crippen LogP contribution in [0.15, 0.2) is 78.0 Å². The van der Waals surface area contributed by atoms with Crippen LogP contribution in [0.3, 0.4) is 0 Å². The molecule has 132 valence electrons. The Morgan fingerprint density at radius 3 is 2.31 bits per heavy atom. The summed E-state index contributed by atoms with van der Waals surface area (Å²) in [4.78, 5) is 17.8. The molecule has 2 aromatic carbocycles. The molecule has 3 nitrogen and oxygen atoms in total. The van der Waals surface area contributed by atoms with E-state index in [2.05, 4.69) is 4.98 Å². The number of nitrogens with zero attached hydrogens (tertiary/aromatic N) is 1. The number of benzene rings is 2. The largest absolute Gasteiger partial charge is 0.497 e. The zero-order valence-corrected chi connectivity index (χ0v) is 15.8. The van der Waals surface area contributed by atoms with Crippen molar-refractivity contribution >= 4 is 29.1 Å². The molecular formula is C21H18ClNO2S. The summed E-state index contributed by atoms with van der Waals surface area (Å²) >= 11 is 7.63. The second-order valence-corrected chi connectivity index (χ2v) is 7.41. The molecule has 0 N–H and O–H groups in total. The summed E-state index contributed by atoms with van der Waals surface area (Å²) in [6.45, 7) is 0. The maximum absolute atomic E-state index is 12.7. The Bertz CT molecular complexity index is 851. The van der Waals surface area contributed by atoms with Gasteiger partial charge in [0, 0.05) is 39.5 Å². The van der Waals surface area contributed by atoms with Gasteiger partial charge in [0.05, 0.1) is 7.11 Å². The first kappa shape index (κ1) is 18.5. The predicted molar refractivity (Wildman–Crippen MR) is 106 cm³/mol. The van der Waals surface area contributed by atoms with Crippen LogP contribution < -0.4 is 4.74 Å². The number of carbonyl (C=O) groups excluding carboxylic acids is 1. The van der Waals surface area contributed by atoms with Gasteiger partial charge in [0.2, 0.25) is 0 Å². The molecule has 0 radical (unpaired) electrons. The Morgan fingerprint density at radius 1 is 1.04 bits per heavy atom. The van der Waals surface area contributed by atoms with Crippen molar-refractivity contribution < 1.29 is 9.53 Å². The number of carbonyl (C=O) groups is 1. The minimum Gasteiger partial charge on any atom is -0.497 e. The van der Waals surface area contributed by atoms with Crippen molar-refractivity contribution in [3.05, 3.63) is 89.2 Å². The van der Waals surface area contributed by atoms with Crippen molar-refractivity contribution in [1.82, 2.24) is 4.98 Å². The number of ketones is 1. The smallest absolute Gasteiger partial charge is 0.164 e. The highest BCUT2D eigenvalue weighted by Gasteiger charge is 2.19. The fourth-order valence-corrected chi connectivity index (χ4v) is 3.82. The van der Waals surface area contributed by atoms with Crippen molar-refractivity contribution in [3.63, 3.8) is 0 Å². The van der Waals surface area contributed by atoms with Crippen LogP contribution in [0.5, 0.6) is 5.75 Å². The summed E-state index contributed by atoms with van der Waals surface area (Å²) in [6.07, 6.45) is 3.67. The lowest BCUT2D eigenvalue weighted by atomic mass is 10.0. The van der Waals surface area contributed by atoms with Crippen LogP contribution in [0.2, 0.25) is 5.02 Å². The molecule has 1 aromatic heterocycles. The van der Waals surface area contributed by atoms with Gasteiger partial charge in [-0.3, -0.25) is 9.78 Å². The van der Waals surface area contributed by atoms with Gasteiger partial charge in [0.25, 0.3) is 0 Å². The molecule has 0 bridgehead atoms. The van der Waals surface area contributed by atoms with Gasteiger partial charge >= 0.3 is 0 Å². The number of halogens is 1. The Morgan fingerprint density at radius 2 is 1.69 bits per heavy atom. The van der Waals surface area contributed by atoms with Gasteiger partial charge in [-0.15, -0.1) is 11.8 Å². The van der Waals surface area contributed by atoms with Crippen molar-refractivity contribution in [1.29, 1.82) is 0 Å². The number of rotatable bonds is 7. The summed E-state index contributed by atoms with van der Waals surface area (Å²) in [5, 5.41) is 0.686. The van der Waals surface area contributed by atoms with E-state index < -0.39 is 0 Å². The first-order valence-electron chi connectivity index (χ1n) is 8.15. The summed E-state index contributed by atoms with van der Waals surface area (Å²) < 4.78 is 5.24. The number of ether oxygens (including phenoxy) is 1. The quantitative estimate of drug-likeness (QED) is 0.379. The van der Waals surface area contributed by atoms with E-state index in [1.54, 1.807) is 43.4 Å². The second kappa shape index (κ2) is 8.88. The molecule has 0 aliphatic carbocycles. The molecule has 0 saturated heterocycles. The van der Waals surface area contributed by atoms with Crippen LogP contribution >= 0.6 is 23.4 Å². The lowest BCUT2D eigenvalue weighted by Gasteiger charge is -2.17. The second-order valence-electron chi connectivity index (χ2n) is 5.70. The summed E-state index contributed by atoms with van der Waals surface area (Å²) in [5.41, 5.74) is 1.75. The van der Waals surface area contributed by atoms with Crippen molar-refractivity contribution in [2.45, 2.75) is 16.6 Å². The monoisotopic (exact) mass is 383 g/mol. The summed E-state index contributed by atoms with van der Waals surface area (Å²) in [7, 11) is 1.64. The number of hydrogen-bond donors (Lipinski definition) is 0. The van der Waals surface area contributed by atoms with Gasteiger partial charge in [-0.05, 0) is 54.1 Å². The standard InChI is InChI=1S/C21H18ClNO2S/c1-25-18-6-2-16(3-7-18)21(26-19-8-4-17(22)5-9-19)14-20(24)15-10-12-23-13-11-15/h2-13,21H,14H2,1H3/t21-/m0/s1. The van der Waals surface area contributed by atoms with E-state index in [0.717, 1.165) is 16.2 Å². The Kier molecular flexibility index (Phi) is 6.31. The number of Topliss-reactive ketones (excluding diaryl/α,β-unsaturated/α-hetero) is 1. The zero-order valence-electron chi connectivity index (χ0n) is 14.3. The minimum absolute atomic E-state index is 0.0113. The number of methoxy groups -OCH3 is 1. The molecule has 0 spiro atoms. The van der Waals surface area contributed by atoms with Crippen molar-refractivity contribution in [3.8, 4) is 5.75 Å². The van der Waals surface area contributed by atoms with Crippen molar-refractivity contribution in [2.24, 2.45) is 0 Å². The fraction of sp³-hybridized carbons (Fsp3) is 0.143. The van der Waals surface area contributed by atoms with Crippen LogP contribution in [0.25, 0.3) is 0 Å². The van der Waals surface area contributed by atoms with E-state index in [1.807, 2.05) is 48.5 Å². The first-order chi connectivity index (χ1) is 12.7. The maximum Gasteiger partial charge on any atom is 0.164 e. The molecule has 3 rings (SSSR count). The number of hydrogen-bond acceptors (Lipinski definition) is 4. The SMILES string of the molecule is COc1ccc([C@H](CC(=O)c2ccncc2)Sc2ccc(Cl)cc2)cc1. The van der Waals surface area contributed by atoms with Crippen LogP contribution in [-0.4, -0.2) is 17.9 Å². The highest BCUT2D eigenvalue weighted by Crippen LogP contribution is 2.39. The van der Waals surface area contributed by atoms with Crippen LogP contribution in [0, 0.1) is 0 Å². The Hall–Kier alpha value is -2.30. The fourth-order valence-electron chi connectivity index (χ4n) is 2.55. The lowest BCUT2D eigenvalue weighted by molar-refractivity contribution is 0.0982. The minimum atomic E-state index is -0.0113. The average molecular weight is 384 g/mol. The molecule has 0 aliphatic heterocycles. The van der Waals surface area contributed by atoms with Crippen molar-refractivity contribution in [2.75, 3.05) is 7.11 Å². The van der Waals surface area contributed by atoms with Gasteiger partial charge < -0.3 is 4.74 Å². The van der Waals surface area contributed by atoms with E-state index in [-0.39, 0.29) is 11.0 Å². The molecule has 0 fully saturated rings. The maximum atomic E-state index is 12.7. The summed E-state index contributed by atoms with van der Waals surface area (Å²) in [6, 6.07) is 19.0. The normalized spacial score (nSPS) is 11.8. The zero-order chi connectivity index (χ0) is 18.4. The Balaban J connectivity index is 1.84. The van der Waals surface area contributed by atoms with E-state index in [0.29, 0.717) is 17.0 Å².